The van der Waals surface area contributed by atoms with Gasteiger partial charge in [-0.25, -0.2) is 0 Å². The minimum absolute atomic E-state index is 0.0274. The maximum atomic E-state index is 12.1. The van der Waals surface area contributed by atoms with E-state index < -0.39 is 0 Å². The van der Waals surface area contributed by atoms with Crippen LogP contribution in [0.1, 0.15) is 6.42 Å². The fraction of sp³-hybridized carbons (Fsp3) is 0.312. The van der Waals surface area contributed by atoms with E-state index in [4.69, 9.17) is 0 Å². The van der Waals surface area contributed by atoms with Crippen LogP contribution in [-0.4, -0.2) is 40.4 Å². The van der Waals surface area contributed by atoms with E-state index in [0.29, 0.717) is 12.3 Å². The van der Waals surface area contributed by atoms with Crippen molar-refractivity contribution in [1.29, 1.82) is 0 Å². The van der Waals surface area contributed by atoms with Crippen molar-refractivity contribution in [2.45, 2.75) is 17.9 Å². The second-order valence-corrected chi connectivity index (χ2v) is 6.23. The smallest absolute Gasteiger partial charge is 0.240 e. The molecule has 0 aliphatic carbocycles. The van der Waals surface area contributed by atoms with Crippen molar-refractivity contribution in [3.05, 3.63) is 42.7 Å². The molecule has 0 unspecified atom stereocenters. The number of rotatable bonds is 6. The summed E-state index contributed by atoms with van der Waals surface area (Å²) < 4.78 is 1.83. The number of amides is 2. The SMILES string of the molecule is O=C(CN1C(=O)CSc2ccccc21)NCCCn1cccn1. The van der Waals surface area contributed by atoms with E-state index in [1.165, 1.54) is 11.8 Å². The highest BCUT2D eigenvalue weighted by Crippen LogP contribution is 2.34. The summed E-state index contributed by atoms with van der Waals surface area (Å²) in [6.07, 6.45) is 4.42. The lowest BCUT2D eigenvalue weighted by Crippen LogP contribution is -2.43. The number of nitrogens with zero attached hydrogens (tertiary/aromatic N) is 3. The van der Waals surface area contributed by atoms with Gasteiger partial charge >= 0.3 is 0 Å². The molecule has 2 amide bonds. The predicted molar refractivity (Wildman–Crippen MR) is 89.4 cm³/mol. The van der Waals surface area contributed by atoms with Crippen molar-refractivity contribution in [3.8, 4) is 0 Å². The van der Waals surface area contributed by atoms with E-state index >= 15 is 0 Å². The van der Waals surface area contributed by atoms with Crippen LogP contribution >= 0.6 is 11.8 Å². The molecule has 23 heavy (non-hydrogen) atoms. The first-order chi connectivity index (χ1) is 11.2. The highest BCUT2D eigenvalue weighted by Gasteiger charge is 2.25. The van der Waals surface area contributed by atoms with Crippen molar-refractivity contribution in [2.75, 3.05) is 23.7 Å². The molecule has 0 spiro atoms. The first-order valence-corrected chi connectivity index (χ1v) is 8.49. The number of anilines is 1. The predicted octanol–water partition coefficient (Wildman–Crippen LogP) is 1.53. The summed E-state index contributed by atoms with van der Waals surface area (Å²) in [5, 5.41) is 6.97. The van der Waals surface area contributed by atoms with E-state index in [1.807, 2.05) is 41.2 Å². The number of carbonyl (C=O) groups excluding carboxylic acids is 2. The zero-order chi connectivity index (χ0) is 16.1. The molecule has 3 rings (SSSR count). The lowest BCUT2D eigenvalue weighted by atomic mass is 10.2. The van der Waals surface area contributed by atoms with Crippen molar-refractivity contribution in [3.63, 3.8) is 0 Å². The van der Waals surface area contributed by atoms with Gasteiger partial charge in [0.2, 0.25) is 11.8 Å². The van der Waals surface area contributed by atoms with Gasteiger partial charge in [-0.2, -0.15) is 5.10 Å². The van der Waals surface area contributed by atoms with Gasteiger partial charge in [0.05, 0.1) is 11.4 Å². The number of nitrogens with one attached hydrogen (secondary N) is 1. The molecule has 1 aliphatic rings. The van der Waals surface area contributed by atoms with Gasteiger partial charge in [-0.3, -0.25) is 14.3 Å². The molecule has 0 atom stereocenters. The molecule has 0 radical (unpaired) electrons. The van der Waals surface area contributed by atoms with Gasteiger partial charge in [0.25, 0.3) is 0 Å². The largest absolute Gasteiger partial charge is 0.354 e. The molecule has 0 saturated heterocycles. The Bertz CT molecular complexity index is 687. The first-order valence-electron chi connectivity index (χ1n) is 7.50. The quantitative estimate of drug-likeness (QED) is 0.816. The number of fused-ring (bicyclic) bond motifs is 1. The van der Waals surface area contributed by atoms with Gasteiger partial charge in [-0.1, -0.05) is 12.1 Å². The summed E-state index contributed by atoms with van der Waals surface area (Å²) in [6.45, 7) is 1.39. The van der Waals surface area contributed by atoms with Crippen molar-refractivity contribution >= 4 is 29.3 Å². The van der Waals surface area contributed by atoms with Gasteiger partial charge in [-0.05, 0) is 24.6 Å². The Morgan fingerprint density at radius 1 is 1.30 bits per heavy atom. The van der Waals surface area contributed by atoms with Crippen LogP contribution in [0.25, 0.3) is 0 Å². The molecule has 1 aromatic carbocycles. The van der Waals surface area contributed by atoms with Crippen molar-refractivity contribution < 1.29 is 9.59 Å². The van der Waals surface area contributed by atoms with Gasteiger partial charge in [0.15, 0.2) is 0 Å². The fourth-order valence-electron chi connectivity index (χ4n) is 2.43. The molecule has 0 bridgehead atoms. The third-order valence-electron chi connectivity index (χ3n) is 3.56. The third-order valence-corrected chi connectivity index (χ3v) is 4.60. The van der Waals surface area contributed by atoms with Crippen LogP contribution in [0.2, 0.25) is 0 Å². The van der Waals surface area contributed by atoms with Crippen LogP contribution in [0.5, 0.6) is 0 Å². The number of hydrogen-bond acceptors (Lipinski definition) is 4. The molecule has 1 aromatic heterocycles. The second kappa shape index (κ2) is 7.32. The van der Waals surface area contributed by atoms with Crippen LogP contribution in [0.4, 0.5) is 5.69 Å². The van der Waals surface area contributed by atoms with E-state index in [2.05, 4.69) is 10.4 Å². The number of carbonyl (C=O) groups is 2. The lowest BCUT2D eigenvalue weighted by molar-refractivity contribution is -0.123. The Morgan fingerprint density at radius 2 is 2.17 bits per heavy atom. The number of thioether (sulfide) groups is 1. The number of para-hydroxylation sites is 1. The third kappa shape index (κ3) is 3.92. The Balaban J connectivity index is 1.50. The molecular formula is C16H18N4O2S. The molecule has 0 fully saturated rings. The number of aromatic nitrogens is 2. The van der Waals surface area contributed by atoms with Crippen molar-refractivity contribution in [1.82, 2.24) is 15.1 Å². The minimum atomic E-state index is -0.138. The highest BCUT2D eigenvalue weighted by molar-refractivity contribution is 8.00. The van der Waals surface area contributed by atoms with Crippen LogP contribution < -0.4 is 10.2 Å². The molecule has 0 saturated carbocycles. The molecule has 1 N–H and O–H groups in total. The summed E-state index contributed by atoms with van der Waals surface area (Å²) >= 11 is 1.51. The van der Waals surface area contributed by atoms with Crippen LogP contribution in [0.15, 0.2) is 47.6 Å². The summed E-state index contributed by atoms with van der Waals surface area (Å²) in [4.78, 5) is 26.8. The molecule has 7 heteroatoms. The Kier molecular flexibility index (Phi) is 4.97. The van der Waals surface area contributed by atoms with E-state index in [9.17, 15) is 9.59 Å². The number of benzene rings is 1. The normalized spacial score (nSPS) is 13.7. The van der Waals surface area contributed by atoms with Crippen LogP contribution in [0.3, 0.4) is 0 Å². The molecule has 6 nitrogen and oxygen atoms in total. The van der Waals surface area contributed by atoms with Crippen LogP contribution in [0, 0.1) is 0 Å². The number of hydrogen-bond donors (Lipinski definition) is 1. The molecule has 120 valence electrons. The average Bonchev–Trinajstić information content (AvgIpc) is 3.08. The second-order valence-electron chi connectivity index (χ2n) is 5.21. The standard InChI is InChI=1S/C16H18N4O2S/c21-15(17-7-3-9-19-10-4-8-18-19)11-20-13-5-1-2-6-14(13)23-12-16(20)22/h1-2,4-6,8,10H,3,7,9,11-12H2,(H,17,21). The molecule has 2 heterocycles. The van der Waals surface area contributed by atoms with E-state index in [0.717, 1.165) is 23.5 Å². The summed E-state index contributed by atoms with van der Waals surface area (Å²) in [5.74, 6) is 0.213. The van der Waals surface area contributed by atoms with Gasteiger partial charge < -0.3 is 10.2 Å². The van der Waals surface area contributed by atoms with Gasteiger partial charge in [-0.15, -0.1) is 11.8 Å². The van der Waals surface area contributed by atoms with Crippen molar-refractivity contribution in [2.24, 2.45) is 0 Å². The topological polar surface area (TPSA) is 67.2 Å². The maximum absolute atomic E-state index is 12.1. The summed E-state index contributed by atoms with van der Waals surface area (Å²) in [7, 11) is 0. The van der Waals surface area contributed by atoms with E-state index in [-0.39, 0.29) is 18.4 Å². The Labute approximate surface area is 138 Å². The number of aryl methyl sites for hydroxylation is 1. The first kappa shape index (κ1) is 15.6. The monoisotopic (exact) mass is 330 g/mol. The van der Waals surface area contributed by atoms with Gasteiger partial charge in [0.1, 0.15) is 6.54 Å². The summed E-state index contributed by atoms with van der Waals surface area (Å²) in [5.41, 5.74) is 0.820. The molecule has 1 aliphatic heterocycles. The highest BCUT2D eigenvalue weighted by atomic mass is 32.2. The minimum Gasteiger partial charge on any atom is -0.354 e. The zero-order valence-electron chi connectivity index (χ0n) is 12.6. The lowest BCUT2D eigenvalue weighted by Gasteiger charge is -2.28. The average molecular weight is 330 g/mol. The zero-order valence-corrected chi connectivity index (χ0v) is 13.5. The maximum Gasteiger partial charge on any atom is 0.240 e. The molecular weight excluding hydrogens is 312 g/mol. The van der Waals surface area contributed by atoms with Crippen LogP contribution in [-0.2, 0) is 16.1 Å². The fourth-order valence-corrected chi connectivity index (χ4v) is 3.36. The van der Waals surface area contributed by atoms with E-state index in [1.54, 1.807) is 11.1 Å². The van der Waals surface area contributed by atoms with Gasteiger partial charge in [0, 0.05) is 30.4 Å². The summed E-state index contributed by atoms with van der Waals surface area (Å²) in [6, 6.07) is 9.55. The molecule has 2 aromatic rings. The Hall–Kier alpha value is -2.28. The Morgan fingerprint density at radius 3 is 3.00 bits per heavy atom.